The number of anilines is 1. The first-order valence-corrected chi connectivity index (χ1v) is 8.27. The monoisotopic (exact) mass is 353 g/mol. The number of rotatable bonds is 2. The molecule has 2 aromatic carbocycles. The lowest BCUT2D eigenvalue weighted by Gasteiger charge is -2.45. The van der Waals surface area contributed by atoms with E-state index in [0.717, 1.165) is 10.5 Å². The number of carbonyl (C=O) groups excluding carboxylic acids is 2. The molecule has 0 bridgehead atoms. The van der Waals surface area contributed by atoms with Gasteiger partial charge in [-0.1, -0.05) is 30.3 Å². The Morgan fingerprint density at radius 3 is 2.65 bits per heavy atom. The molecule has 4 rings (SSSR count). The van der Waals surface area contributed by atoms with Gasteiger partial charge in [0.25, 0.3) is 0 Å². The summed E-state index contributed by atoms with van der Waals surface area (Å²) in [5, 5.41) is 0. The molecule has 2 aliphatic rings. The number of nitrogens with zero attached hydrogens (tertiary/aromatic N) is 2. The van der Waals surface area contributed by atoms with Crippen molar-refractivity contribution < 1.29 is 19.1 Å². The summed E-state index contributed by atoms with van der Waals surface area (Å²) in [5.41, 5.74) is 6.03. The summed E-state index contributed by atoms with van der Waals surface area (Å²) in [6, 6.07) is 13.5. The van der Waals surface area contributed by atoms with Crippen molar-refractivity contribution in [2.75, 3.05) is 18.6 Å². The number of primary amides is 1. The van der Waals surface area contributed by atoms with E-state index in [1.54, 1.807) is 24.1 Å². The van der Waals surface area contributed by atoms with E-state index in [9.17, 15) is 9.59 Å². The molecule has 0 saturated carbocycles. The number of carbonyl (C=O) groups is 2. The number of hydrogen-bond donors (Lipinski definition) is 1. The van der Waals surface area contributed by atoms with Crippen LogP contribution in [0.3, 0.4) is 0 Å². The number of fused-ring (bicyclic) bond motifs is 3. The van der Waals surface area contributed by atoms with Crippen LogP contribution >= 0.6 is 0 Å². The normalized spacial score (nSPS) is 23.9. The standard InChI is InChI=1S/C19H19N3O4/c1-19-11-21(17(20)23)18(24)22(19)13-8-4-6-10-15(13)26-16(19)12-7-3-5-9-14(12)25-2/h3-10,16H,11H2,1-2H3,(H2,20,23). The van der Waals surface area contributed by atoms with E-state index in [2.05, 4.69) is 0 Å². The minimum Gasteiger partial charge on any atom is -0.496 e. The molecule has 2 aliphatic heterocycles. The summed E-state index contributed by atoms with van der Waals surface area (Å²) in [7, 11) is 1.59. The highest BCUT2D eigenvalue weighted by Crippen LogP contribution is 2.51. The molecule has 134 valence electrons. The Morgan fingerprint density at radius 1 is 1.23 bits per heavy atom. The van der Waals surface area contributed by atoms with Gasteiger partial charge in [0.05, 0.1) is 19.3 Å². The highest BCUT2D eigenvalue weighted by atomic mass is 16.5. The van der Waals surface area contributed by atoms with Gasteiger partial charge in [0, 0.05) is 5.56 Å². The molecule has 0 aliphatic carbocycles. The van der Waals surface area contributed by atoms with E-state index < -0.39 is 23.7 Å². The zero-order chi connectivity index (χ0) is 18.5. The van der Waals surface area contributed by atoms with Crippen LogP contribution in [0.5, 0.6) is 11.5 Å². The predicted molar refractivity (Wildman–Crippen MR) is 95.4 cm³/mol. The molecule has 1 saturated heterocycles. The maximum Gasteiger partial charge on any atom is 0.333 e. The first-order chi connectivity index (χ1) is 12.5. The third kappa shape index (κ3) is 2.13. The Kier molecular flexibility index (Phi) is 3.54. The van der Waals surface area contributed by atoms with Gasteiger partial charge in [0.2, 0.25) is 0 Å². The first-order valence-electron chi connectivity index (χ1n) is 8.27. The van der Waals surface area contributed by atoms with Gasteiger partial charge in [0.1, 0.15) is 17.0 Å². The number of hydrogen-bond acceptors (Lipinski definition) is 4. The number of methoxy groups -OCH3 is 1. The van der Waals surface area contributed by atoms with E-state index >= 15 is 0 Å². The van der Waals surface area contributed by atoms with Crippen LogP contribution in [0.2, 0.25) is 0 Å². The van der Waals surface area contributed by atoms with Gasteiger partial charge in [-0.3, -0.25) is 4.90 Å². The van der Waals surface area contributed by atoms with Crippen LogP contribution < -0.4 is 20.1 Å². The van der Waals surface area contributed by atoms with Gasteiger partial charge in [0.15, 0.2) is 6.10 Å². The lowest BCUT2D eigenvalue weighted by atomic mass is 9.86. The lowest BCUT2D eigenvalue weighted by molar-refractivity contribution is 0.106. The van der Waals surface area contributed by atoms with Crippen LogP contribution in [0.1, 0.15) is 18.6 Å². The molecular weight excluding hydrogens is 334 g/mol. The molecule has 2 atom stereocenters. The maximum absolute atomic E-state index is 12.9. The molecular formula is C19H19N3O4. The SMILES string of the molecule is COc1ccccc1C1Oc2ccccc2N2C(=O)N(C(N)=O)CC12C. The average molecular weight is 353 g/mol. The van der Waals surface area contributed by atoms with Crippen molar-refractivity contribution >= 4 is 17.7 Å². The molecule has 2 unspecified atom stereocenters. The molecule has 2 N–H and O–H groups in total. The third-order valence-electron chi connectivity index (χ3n) is 5.01. The van der Waals surface area contributed by atoms with Gasteiger partial charge >= 0.3 is 12.1 Å². The minimum absolute atomic E-state index is 0.123. The van der Waals surface area contributed by atoms with E-state index in [4.69, 9.17) is 15.2 Å². The van der Waals surface area contributed by atoms with Gasteiger partial charge in [-0.2, -0.15) is 0 Å². The molecule has 26 heavy (non-hydrogen) atoms. The second-order valence-corrected chi connectivity index (χ2v) is 6.61. The Balaban J connectivity index is 1.92. The van der Waals surface area contributed by atoms with E-state index in [0.29, 0.717) is 17.2 Å². The van der Waals surface area contributed by atoms with Crippen LogP contribution in [0.15, 0.2) is 48.5 Å². The largest absolute Gasteiger partial charge is 0.496 e. The molecule has 7 heteroatoms. The quantitative estimate of drug-likeness (QED) is 0.899. The summed E-state index contributed by atoms with van der Waals surface area (Å²) in [5.74, 6) is 1.23. The van der Waals surface area contributed by atoms with Crippen molar-refractivity contribution in [1.82, 2.24) is 4.90 Å². The predicted octanol–water partition coefficient (Wildman–Crippen LogP) is 2.91. The Bertz CT molecular complexity index is 900. The first kappa shape index (κ1) is 16.3. The number of amides is 4. The molecule has 0 radical (unpaired) electrons. The molecule has 7 nitrogen and oxygen atoms in total. The molecule has 2 aromatic rings. The van der Waals surface area contributed by atoms with Gasteiger partial charge < -0.3 is 15.2 Å². The zero-order valence-electron chi connectivity index (χ0n) is 14.5. The number of nitrogens with two attached hydrogens (primary N) is 1. The summed E-state index contributed by atoms with van der Waals surface area (Å²) in [6.45, 7) is 2.01. The number of urea groups is 2. The molecule has 2 heterocycles. The van der Waals surface area contributed by atoms with Crippen molar-refractivity contribution in [2.45, 2.75) is 18.6 Å². The van der Waals surface area contributed by atoms with Crippen LogP contribution in [0.25, 0.3) is 0 Å². The summed E-state index contributed by atoms with van der Waals surface area (Å²) < 4.78 is 11.8. The van der Waals surface area contributed by atoms with E-state index in [-0.39, 0.29) is 6.54 Å². The fourth-order valence-electron chi connectivity index (χ4n) is 3.83. The number of benzene rings is 2. The summed E-state index contributed by atoms with van der Waals surface area (Å²) in [6.07, 6.45) is -0.526. The lowest BCUT2D eigenvalue weighted by Crippen LogP contribution is -2.54. The summed E-state index contributed by atoms with van der Waals surface area (Å²) >= 11 is 0. The van der Waals surface area contributed by atoms with Crippen molar-refractivity contribution in [2.24, 2.45) is 5.73 Å². The number of para-hydroxylation sites is 3. The molecule has 0 spiro atoms. The topological polar surface area (TPSA) is 85.1 Å². The van der Waals surface area contributed by atoms with Crippen molar-refractivity contribution in [1.29, 1.82) is 0 Å². The highest BCUT2D eigenvalue weighted by molar-refractivity contribution is 6.06. The van der Waals surface area contributed by atoms with Crippen LogP contribution in [-0.4, -0.2) is 36.2 Å². The third-order valence-corrected chi connectivity index (χ3v) is 5.01. The van der Waals surface area contributed by atoms with Crippen LogP contribution in [0, 0.1) is 0 Å². The molecule has 1 fully saturated rings. The van der Waals surface area contributed by atoms with Gasteiger partial charge in [-0.05, 0) is 25.1 Å². The van der Waals surface area contributed by atoms with Gasteiger partial charge in [-0.25, -0.2) is 14.5 Å². The number of imide groups is 1. The Hall–Kier alpha value is -3.22. The van der Waals surface area contributed by atoms with Crippen LogP contribution in [-0.2, 0) is 0 Å². The fourth-order valence-corrected chi connectivity index (χ4v) is 3.83. The van der Waals surface area contributed by atoms with Crippen molar-refractivity contribution in [3.8, 4) is 11.5 Å². The van der Waals surface area contributed by atoms with E-state index in [1.807, 2.05) is 43.3 Å². The highest BCUT2D eigenvalue weighted by Gasteiger charge is 2.58. The fraction of sp³-hybridized carbons (Fsp3) is 0.263. The molecule has 4 amide bonds. The number of ether oxygens (including phenoxy) is 2. The van der Waals surface area contributed by atoms with Crippen molar-refractivity contribution in [3.05, 3.63) is 54.1 Å². The molecule has 0 aromatic heterocycles. The second kappa shape index (κ2) is 5.66. The average Bonchev–Trinajstić information content (AvgIpc) is 2.93. The van der Waals surface area contributed by atoms with Crippen molar-refractivity contribution in [3.63, 3.8) is 0 Å². The smallest absolute Gasteiger partial charge is 0.333 e. The summed E-state index contributed by atoms with van der Waals surface area (Å²) in [4.78, 5) is 27.4. The Labute approximate surface area is 150 Å². The Morgan fingerprint density at radius 2 is 1.92 bits per heavy atom. The van der Waals surface area contributed by atoms with E-state index in [1.165, 1.54) is 0 Å². The minimum atomic E-state index is -0.824. The maximum atomic E-state index is 12.9. The second-order valence-electron chi connectivity index (χ2n) is 6.61. The zero-order valence-corrected chi connectivity index (χ0v) is 14.5. The van der Waals surface area contributed by atoms with Crippen LogP contribution in [0.4, 0.5) is 15.3 Å². The van der Waals surface area contributed by atoms with Gasteiger partial charge in [-0.15, -0.1) is 0 Å².